The second kappa shape index (κ2) is 7.11. The van der Waals surface area contributed by atoms with Crippen molar-refractivity contribution in [3.8, 4) is 11.5 Å². The molecule has 1 amide bonds. The first-order chi connectivity index (χ1) is 12.6. The fraction of sp³-hybridized carbons (Fsp3) is 0.400. The van der Waals surface area contributed by atoms with Crippen molar-refractivity contribution in [2.24, 2.45) is 0 Å². The number of carbonyl (C=O) groups excluding carboxylic acids is 2. The van der Waals surface area contributed by atoms with E-state index in [0.717, 1.165) is 42.9 Å². The van der Waals surface area contributed by atoms with Crippen molar-refractivity contribution in [1.29, 1.82) is 0 Å². The number of Topliss-reactive ketones (excluding diaryl/α,β-unsaturated/α-hetero) is 1. The summed E-state index contributed by atoms with van der Waals surface area (Å²) in [5.41, 5.74) is 1.07. The number of hydrogen-bond acceptors (Lipinski definition) is 5. The summed E-state index contributed by atoms with van der Waals surface area (Å²) in [6, 6.07) is 9.50. The highest BCUT2D eigenvalue weighted by Gasteiger charge is 2.32. The van der Waals surface area contributed by atoms with Crippen LogP contribution in [0.15, 0.2) is 30.3 Å². The van der Waals surface area contributed by atoms with Gasteiger partial charge < -0.3 is 14.4 Å². The largest absolute Gasteiger partial charge is 0.490 e. The van der Waals surface area contributed by atoms with E-state index in [4.69, 9.17) is 9.47 Å². The summed E-state index contributed by atoms with van der Waals surface area (Å²) >= 11 is 1.27. The molecule has 3 heterocycles. The zero-order valence-electron chi connectivity index (χ0n) is 14.7. The van der Waals surface area contributed by atoms with Crippen molar-refractivity contribution >= 4 is 23.0 Å². The molecule has 1 fully saturated rings. The van der Waals surface area contributed by atoms with Crippen LogP contribution in [0.1, 0.15) is 57.1 Å². The average molecular weight is 371 g/mol. The minimum absolute atomic E-state index is 0.00267. The Balaban J connectivity index is 1.59. The predicted molar refractivity (Wildman–Crippen MR) is 99.4 cm³/mol. The monoisotopic (exact) mass is 371 g/mol. The molecule has 1 unspecified atom stereocenters. The molecule has 1 aromatic heterocycles. The van der Waals surface area contributed by atoms with Gasteiger partial charge in [-0.2, -0.15) is 0 Å². The van der Waals surface area contributed by atoms with Gasteiger partial charge in [0.1, 0.15) is 0 Å². The minimum Gasteiger partial charge on any atom is -0.490 e. The van der Waals surface area contributed by atoms with E-state index in [1.165, 1.54) is 18.3 Å². The SMILES string of the molecule is CC(=O)c1ccc(C(=O)N2CCCC2c2ccc3c(c2)OCCCO3)s1. The van der Waals surface area contributed by atoms with Crippen molar-refractivity contribution in [2.75, 3.05) is 19.8 Å². The van der Waals surface area contributed by atoms with Gasteiger partial charge >= 0.3 is 0 Å². The van der Waals surface area contributed by atoms with E-state index in [1.54, 1.807) is 12.1 Å². The smallest absolute Gasteiger partial charge is 0.264 e. The van der Waals surface area contributed by atoms with Crippen LogP contribution in [0.3, 0.4) is 0 Å². The number of hydrogen-bond donors (Lipinski definition) is 0. The molecule has 1 atom stereocenters. The number of benzene rings is 1. The molecule has 0 radical (unpaired) electrons. The molecule has 26 heavy (non-hydrogen) atoms. The lowest BCUT2D eigenvalue weighted by Gasteiger charge is -2.25. The maximum Gasteiger partial charge on any atom is 0.264 e. The van der Waals surface area contributed by atoms with Crippen molar-refractivity contribution in [2.45, 2.75) is 32.2 Å². The average Bonchev–Trinajstić information content (AvgIpc) is 3.26. The zero-order chi connectivity index (χ0) is 18.1. The van der Waals surface area contributed by atoms with Crippen LogP contribution in [0.4, 0.5) is 0 Å². The molecule has 6 heteroatoms. The Hall–Kier alpha value is -2.34. The molecule has 0 N–H and O–H groups in total. The highest BCUT2D eigenvalue weighted by Crippen LogP contribution is 2.39. The molecule has 0 spiro atoms. The second-order valence-corrected chi connectivity index (χ2v) is 7.72. The maximum absolute atomic E-state index is 13.0. The number of ether oxygens (including phenoxy) is 2. The van der Waals surface area contributed by atoms with E-state index < -0.39 is 0 Å². The first-order valence-electron chi connectivity index (χ1n) is 8.95. The summed E-state index contributed by atoms with van der Waals surface area (Å²) in [5.74, 6) is 1.52. The zero-order valence-corrected chi connectivity index (χ0v) is 15.5. The number of rotatable bonds is 3. The van der Waals surface area contributed by atoms with Gasteiger partial charge in [0.25, 0.3) is 5.91 Å². The molecule has 1 aromatic carbocycles. The van der Waals surface area contributed by atoms with Gasteiger partial charge in [0, 0.05) is 13.0 Å². The van der Waals surface area contributed by atoms with Gasteiger partial charge in [-0.25, -0.2) is 0 Å². The van der Waals surface area contributed by atoms with Crippen molar-refractivity contribution in [3.05, 3.63) is 45.6 Å². The van der Waals surface area contributed by atoms with Crippen LogP contribution in [-0.2, 0) is 0 Å². The van der Waals surface area contributed by atoms with Crippen LogP contribution in [0.2, 0.25) is 0 Å². The van der Waals surface area contributed by atoms with E-state index in [9.17, 15) is 9.59 Å². The summed E-state index contributed by atoms with van der Waals surface area (Å²) in [6.07, 6.45) is 2.76. The van der Waals surface area contributed by atoms with Gasteiger partial charge in [-0.05, 0) is 49.6 Å². The molecule has 0 saturated carbocycles. The topological polar surface area (TPSA) is 55.8 Å². The molecular formula is C20H21NO4S. The van der Waals surface area contributed by atoms with Gasteiger partial charge in [0.15, 0.2) is 17.3 Å². The van der Waals surface area contributed by atoms with Gasteiger partial charge in [0.2, 0.25) is 0 Å². The number of fused-ring (bicyclic) bond motifs is 1. The van der Waals surface area contributed by atoms with Crippen LogP contribution in [-0.4, -0.2) is 36.3 Å². The molecule has 0 aliphatic carbocycles. The minimum atomic E-state index is -0.00470. The number of likely N-dealkylation sites (tertiary alicyclic amines) is 1. The summed E-state index contributed by atoms with van der Waals surface area (Å²) < 4.78 is 11.5. The van der Waals surface area contributed by atoms with Crippen LogP contribution >= 0.6 is 11.3 Å². The third-order valence-corrected chi connectivity index (χ3v) is 6.01. The quantitative estimate of drug-likeness (QED) is 0.763. The molecule has 2 aliphatic heterocycles. The molecule has 2 aromatic rings. The number of carbonyl (C=O) groups is 2. The highest BCUT2D eigenvalue weighted by molar-refractivity contribution is 7.15. The van der Waals surface area contributed by atoms with Crippen molar-refractivity contribution < 1.29 is 19.1 Å². The molecule has 0 bridgehead atoms. The van der Waals surface area contributed by atoms with Gasteiger partial charge in [-0.3, -0.25) is 9.59 Å². The predicted octanol–water partition coefficient (Wildman–Crippen LogP) is 4.09. The first-order valence-corrected chi connectivity index (χ1v) is 9.76. The van der Waals surface area contributed by atoms with Crippen molar-refractivity contribution in [3.63, 3.8) is 0 Å². The molecule has 2 aliphatic rings. The van der Waals surface area contributed by atoms with Gasteiger partial charge in [-0.15, -0.1) is 11.3 Å². The van der Waals surface area contributed by atoms with E-state index in [1.807, 2.05) is 23.1 Å². The lowest BCUT2D eigenvalue weighted by molar-refractivity contribution is 0.0740. The Morgan fingerprint density at radius 1 is 1.04 bits per heavy atom. The fourth-order valence-electron chi connectivity index (χ4n) is 3.53. The second-order valence-electron chi connectivity index (χ2n) is 6.63. The Bertz CT molecular complexity index is 844. The summed E-state index contributed by atoms with van der Waals surface area (Å²) in [5, 5.41) is 0. The highest BCUT2D eigenvalue weighted by atomic mass is 32.1. The summed E-state index contributed by atoms with van der Waals surface area (Å²) in [4.78, 5) is 27.7. The van der Waals surface area contributed by atoms with E-state index in [0.29, 0.717) is 23.0 Å². The lowest BCUT2D eigenvalue weighted by Crippen LogP contribution is -2.30. The fourth-order valence-corrected chi connectivity index (χ4v) is 4.38. The number of ketones is 1. The van der Waals surface area contributed by atoms with E-state index in [-0.39, 0.29) is 17.7 Å². The number of amides is 1. The van der Waals surface area contributed by atoms with Crippen LogP contribution in [0.25, 0.3) is 0 Å². The molecule has 136 valence electrons. The lowest BCUT2D eigenvalue weighted by atomic mass is 10.0. The van der Waals surface area contributed by atoms with Crippen LogP contribution in [0.5, 0.6) is 11.5 Å². The van der Waals surface area contributed by atoms with Gasteiger partial charge in [-0.1, -0.05) is 6.07 Å². The summed E-state index contributed by atoms with van der Waals surface area (Å²) in [6.45, 7) is 3.56. The molecule has 1 saturated heterocycles. The molecule has 5 nitrogen and oxygen atoms in total. The van der Waals surface area contributed by atoms with Gasteiger partial charge in [0.05, 0.1) is 29.0 Å². The number of nitrogens with zero attached hydrogens (tertiary/aromatic N) is 1. The third kappa shape index (κ3) is 3.21. The maximum atomic E-state index is 13.0. The van der Waals surface area contributed by atoms with E-state index >= 15 is 0 Å². The third-order valence-electron chi connectivity index (χ3n) is 4.83. The first kappa shape index (κ1) is 17.1. The molecule has 4 rings (SSSR count). The molecular weight excluding hydrogens is 350 g/mol. The Morgan fingerprint density at radius 2 is 1.81 bits per heavy atom. The van der Waals surface area contributed by atoms with E-state index in [2.05, 4.69) is 0 Å². The standard InChI is InChI=1S/C20H21NO4S/c1-13(22)18-7-8-19(26-18)20(23)21-9-2-4-15(21)14-5-6-16-17(12-14)25-11-3-10-24-16/h5-8,12,15H,2-4,9-11H2,1H3. The van der Waals surface area contributed by atoms with Crippen LogP contribution in [0, 0.1) is 0 Å². The Kier molecular flexibility index (Phi) is 4.68. The van der Waals surface area contributed by atoms with Crippen LogP contribution < -0.4 is 9.47 Å². The Labute approximate surface area is 156 Å². The number of thiophene rings is 1. The summed E-state index contributed by atoms with van der Waals surface area (Å²) in [7, 11) is 0. The normalized spacial score (nSPS) is 19.3. The Morgan fingerprint density at radius 3 is 2.58 bits per heavy atom. The van der Waals surface area contributed by atoms with Crippen molar-refractivity contribution in [1.82, 2.24) is 4.90 Å².